The van der Waals surface area contributed by atoms with Gasteiger partial charge in [-0.2, -0.15) is 0 Å². The van der Waals surface area contributed by atoms with Gasteiger partial charge in [0.25, 0.3) is 0 Å². The van der Waals surface area contributed by atoms with Crippen molar-refractivity contribution in [2.24, 2.45) is 0 Å². The van der Waals surface area contributed by atoms with Crippen molar-refractivity contribution < 1.29 is 18.0 Å². The fourth-order valence-electron chi connectivity index (χ4n) is 3.61. The number of hydrogen-bond donors (Lipinski definition) is 1. The number of hydrogen-bond acceptors (Lipinski definition) is 4. The minimum atomic E-state index is -3.84. The second-order valence-electron chi connectivity index (χ2n) is 8.17. The third kappa shape index (κ3) is 8.00. The molecule has 0 aliphatic carbocycles. The molecule has 0 bridgehead atoms. The summed E-state index contributed by atoms with van der Waals surface area (Å²) in [4.78, 5) is 28.0. The van der Waals surface area contributed by atoms with Crippen LogP contribution in [0, 0.1) is 6.92 Å². The number of amides is 2. The van der Waals surface area contributed by atoms with Gasteiger partial charge in [-0.15, -0.1) is 0 Å². The van der Waals surface area contributed by atoms with E-state index in [0.29, 0.717) is 44.8 Å². The lowest BCUT2D eigenvalue weighted by molar-refractivity contribution is -0.140. The number of carbonyl (C=O) groups excluding carboxylic acids is 2. The molecular formula is C24H30Cl3N3O4S. The molecule has 1 N–H and O–H groups in total. The lowest BCUT2D eigenvalue weighted by Gasteiger charge is -2.33. The van der Waals surface area contributed by atoms with E-state index in [1.807, 2.05) is 6.92 Å². The molecule has 0 saturated carbocycles. The van der Waals surface area contributed by atoms with Crippen molar-refractivity contribution in [1.29, 1.82) is 0 Å². The molecule has 11 heteroatoms. The Labute approximate surface area is 222 Å². The van der Waals surface area contributed by atoms with E-state index < -0.39 is 28.5 Å². The molecular weight excluding hydrogens is 533 g/mol. The summed E-state index contributed by atoms with van der Waals surface area (Å²) in [5.74, 6) is -0.865. The van der Waals surface area contributed by atoms with Crippen LogP contribution >= 0.6 is 34.8 Å². The van der Waals surface area contributed by atoms with Crippen molar-refractivity contribution in [3.63, 3.8) is 0 Å². The van der Waals surface area contributed by atoms with Gasteiger partial charge < -0.3 is 10.2 Å². The monoisotopic (exact) mass is 561 g/mol. The van der Waals surface area contributed by atoms with Gasteiger partial charge in [-0.05, 0) is 61.2 Å². The Morgan fingerprint density at radius 1 is 1.03 bits per heavy atom. The van der Waals surface area contributed by atoms with Gasteiger partial charge >= 0.3 is 0 Å². The number of nitrogens with zero attached hydrogens (tertiary/aromatic N) is 2. The Hall–Kier alpha value is -2.00. The largest absolute Gasteiger partial charge is 0.354 e. The van der Waals surface area contributed by atoms with Gasteiger partial charge in [0.15, 0.2) is 0 Å². The molecule has 1 atom stereocenters. The van der Waals surface area contributed by atoms with Gasteiger partial charge in [0.1, 0.15) is 12.6 Å². The van der Waals surface area contributed by atoms with Crippen molar-refractivity contribution in [2.45, 2.75) is 46.2 Å². The number of carbonyl (C=O) groups is 2. The Morgan fingerprint density at radius 2 is 1.66 bits per heavy atom. The van der Waals surface area contributed by atoms with Crippen molar-refractivity contribution in [3.05, 3.63) is 62.6 Å². The molecule has 0 unspecified atom stereocenters. The molecule has 0 aromatic heterocycles. The predicted octanol–water partition coefficient (Wildman–Crippen LogP) is 5.05. The van der Waals surface area contributed by atoms with Gasteiger partial charge in [0.2, 0.25) is 21.8 Å². The normalized spacial score (nSPS) is 12.2. The van der Waals surface area contributed by atoms with Crippen molar-refractivity contribution in [3.8, 4) is 0 Å². The number of anilines is 1. The highest BCUT2D eigenvalue weighted by Crippen LogP contribution is 2.27. The topological polar surface area (TPSA) is 86.8 Å². The summed E-state index contributed by atoms with van der Waals surface area (Å²) in [5, 5.41) is 4.05. The maximum Gasteiger partial charge on any atom is 0.244 e. The van der Waals surface area contributed by atoms with Crippen LogP contribution in [0.5, 0.6) is 0 Å². The van der Waals surface area contributed by atoms with Crippen molar-refractivity contribution in [1.82, 2.24) is 10.2 Å². The van der Waals surface area contributed by atoms with Crippen LogP contribution in [0.15, 0.2) is 36.4 Å². The molecule has 0 saturated heterocycles. The molecule has 0 spiro atoms. The van der Waals surface area contributed by atoms with Crippen LogP contribution in [0.25, 0.3) is 0 Å². The second kappa shape index (κ2) is 12.8. The first-order valence-corrected chi connectivity index (χ1v) is 14.1. The minimum Gasteiger partial charge on any atom is -0.354 e. The van der Waals surface area contributed by atoms with E-state index in [-0.39, 0.29) is 12.5 Å². The van der Waals surface area contributed by atoms with Crippen molar-refractivity contribution >= 4 is 62.3 Å². The molecule has 0 radical (unpaired) electrons. The first kappa shape index (κ1) is 29.2. The van der Waals surface area contributed by atoms with Gasteiger partial charge in [-0.3, -0.25) is 13.9 Å². The summed E-state index contributed by atoms with van der Waals surface area (Å²) in [6.45, 7) is 5.39. The molecule has 0 fully saturated rings. The SMILES string of the molecule is CCCNC(=O)[C@@H](CC)N(Cc1ccc(Cl)cc1Cl)C(=O)CN(c1ccc(Cl)cc1C)S(C)(=O)=O. The lowest BCUT2D eigenvalue weighted by atomic mass is 10.1. The fraction of sp³-hybridized carbons (Fsp3) is 0.417. The summed E-state index contributed by atoms with van der Waals surface area (Å²) in [6, 6.07) is 8.79. The summed E-state index contributed by atoms with van der Waals surface area (Å²) in [5.41, 5.74) is 1.51. The zero-order chi connectivity index (χ0) is 26.3. The smallest absolute Gasteiger partial charge is 0.244 e. The first-order valence-electron chi connectivity index (χ1n) is 11.1. The minimum absolute atomic E-state index is 0.00406. The Kier molecular flexibility index (Phi) is 10.7. The number of halogens is 3. The number of rotatable bonds is 11. The zero-order valence-electron chi connectivity index (χ0n) is 20.1. The van der Waals surface area contributed by atoms with Crippen molar-refractivity contribution in [2.75, 3.05) is 23.7 Å². The molecule has 192 valence electrons. The number of nitrogens with one attached hydrogen (secondary N) is 1. The summed E-state index contributed by atoms with van der Waals surface area (Å²) >= 11 is 18.4. The summed E-state index contributed by atoms with van der Waals surface area (Å²) in [7, 11) is -3.84. The van der Waals surface area contributed by atoms with Gasteiger partial charge in [0.05, 0.1) is 11.9 Å². The van der Waals surface area contributed by atoms with Gasteiger partial charge in [-0.1, -0.05) is 54.7 Å². The molecule has 7 nitrogen and oxygen atoms in total. The highest BCUT2D eigenvalue weighted by atomic mass is 35.5. The maximum atomic E-state index is 13.7. The number of benzene rings is 2. The number of sulfonamides is 1. The van der Waals surface area contributed by atoms with Gasteiger partial charge in [-0.25, -0.2) is 8.42 Å². The highest BCUT2D eigenvalue weighted by Gasteiger charge is 2.32. The van der Waals surface area contributed by atoms with Crippen LogP contribution in [-0.4, -0.2) is 50.5 Å². The van der Waals surface area contributed by atoms with E-state index in [1.54, 1.807) is 50.2 Å². The van der Waals surface area contributed by atoms with Crippen LogP contribution in [0.3, 0.4) is 0 Å². The molecule has 2 aromatic rings. The van der Waals surface area contributed by atoms with E-state index in [4.69, 9.17) is 34.8 Å². The fourth-order valence-corrected chi connectivity index (χ4v) is 5.21. The third-order valence-electron chi connectivity index (χ3n) is 5.40. The molecule has 2 amide bonds. The molecule has 2 aromatic carbocycles. The second-order valence-corrected chi connectivity index (χ2v) is 11.4. The molecule has 0 heterocycles. The first-order chi connectivity index (χ1) is 16.4. The van der Waals surface area contributed by atoms with Crippen LogP contribution < -0.4 is 9.62 Å². The van der Waals surface area contributed by atoms with E-state index >= 15 is 0 Å². The molecule has 35 heavy (non-hydrogen) atoms. The Bertz CT molecular complexity index is 1170. The van der Waals surface area contributed by atoms with Crippen LogP contribution in [0.2, 0.25) is 15.1 Å². The standard InChI is InChI=1S/C24H30Cl3N3O4S/c1-5-11-28-24(32)21(6-2)29(14-17-7-8-19(26)13-20(17)27)23(31)15-30(35(4,33)34)22-10-9-18(25)12-16(22)3/h7-10,12-13,21H,5-6,11,14-15H2,1-4H3,(H,28,32)/t21-/m1/s1. The summed E-state index contributed by atoms with van der Waals surface area (Å²) in [6.07, 6.45) is 2.09. The maximum absolute atomic E-state index is 13.7. The summed E-state index contributed by atoms with van der Waals surface area (Å²) < 4.78 is 26.4. The molecule has 2 rings (SSSR count). The van der Waals surface area contributed by atoms with Crippen LogP contribution in [0.4, 0.5) is 5.69 Å². The zero-order valence-corrected chi connectivity index (χ0v) is 23.2. The molecule has 0 aliphatic heterocycles. The Morgan fingerprint density at radius 3 is 2.20 bits per heavy atom. The van der Waals surface area contributed by atoms with E-state index in [2.05, 4.69) is 5.32 Å². The predicted molar refractivity (Wildman–Crippen MR) is 143 cm³/mol. The third-order valence-corrected chi connectivity index (χ3v) is 7.35. The van der Waals surface area contributed by atoms with E-state index in [0.717, 1.165) is 17.0 Å². The van der Waals surface area contributed by atoms with E-state index in [9.17, 15) is 18.0 Å². The quantitative estimate of drug-likeness (QED) is 0.415. The average molecular weight is 563 g/mol. The average Bonchev–Trinajstić information content (AvgIpc) is 2.77. The highest BCUT2D eigenvalue weighted by molar-refractivity contribution is 7.92. The molecule has 0 aliphatic rings. The lowest BCUT2D eigenvalue weighted by Crippen LogP contribution is -2.52. The van der Waals surface area contributed by atoms with E-state index in [1.165, 1.54) is 4.90 Å². The van der Waals surface area contributed by atoms with Crippen LogP contribution in [-0.2, 0) is 26.2 Å². The number of aryl methyl sites for hydroxylation is 1. The van der Waals surface area contributed by atoms with Crippen LogP contribution in [0.1, 0.15) is 37.8 Å². The van der Waals surface area contributed by atoms with Gasteiger partial charge in [0, 0.05) is 28.2 Å². The Balaban J connectivity index is 2.49.